The SMILES string of the molecule is c1ccc2cc3c(cc2c1)c1c2c(cc4c5ccccc5n3c41)c1ccccc1n2-c1nc(-c2ccc3c(ccc4ccccc43)c2)nc2ccccc12. The highest BCUT2D eigenvalue weighted by Gasteiger charge is 2.26. The molecule has 0 amide bonds. The second kappa shape index (κ2) is 10.2. The Balaban J connectivity index is 1.20. The fraction of sp³-hybridized carbons (Fsp3) is 0. The molecular weight excluding hydrogens is 657 g/mol. The molecule has 0 aliphatic rings. The zero-order chi connectivity index (χ0) is 35.1. The Morgan fingerprint density at radius 3 is 1.83 bits per heavy atom. The lowest BCUT2D eigenvalue weighted by atomic mass is 10.00. The lowest BCUT2D eigenvalue weighted by molar-refractivity contribution is 1.08. The third kappa shape index (κ3) is 3.61. The average Bonchev–Trinajstić information content (AvgIpc) is 3.86. The number of hydrogen-bond acceptors (Lipinski definition) is 2. The maximum atomic E-state index is 5.55. The summed E-state index contributed by atoms with van der Waals surface area (Å²) in [6, 6.07) is 61.6. The molecule has 0 spiro atoms. The Hall–Kier alpha value is -7.30. The van der Waals surface area contributed by atoms with E-state index in [1.807, 2.05) is 0 Å². The summed E-state index contributed by atoms with van der Waals surface area (Å²) in [6.07, 6.45) is 0. The highest BCUT2D eigenvalue weighted by Crippen LogP contribution is 2.47. The molecule has 0 saturated heterocycles. The van der Waals surface area contributed by atoms with E-state index in [-0.39, 0.29) is 0 Å². The molecule has 54 heavy (non-hydrogen) atoms. The van der Waals surface area contributed by atoms with Crippen LogP contribution in [0.5, 0.6) is 0 Å². The number of hydrogen-bond donors (Lipinski definition) is 0. The number of para-hydroxylation sites is 3. The van der Waals surface area contributed by atoms with Crippen LogP contribution in [0.15, 0.2) is 170 Å². The van der Waals surface area contributed by atoms with Gasteiger partial charge in [0, 0.05) is 43.3 Å². The van der Waals surface area contributed by atoms with Crippen molar-refractivity contribution in [3.8, 4) is 17.2 Å². The van der Waals surface area contributed by atoms with Gasteiger partial charge in [-0.1, -0.05) is 121 Å². The van der Waals surface area contributed by atoms with Crippen LogP contribution in [0.3, 0.4) is 0 Å². The monoisotopic (exact) mass is 684 g/mol. The van der Waals surface area contributed by atoms with Crippen molar-refractivity contribution in [2.75, 3.05) is 0 Å². The minimum atomic E-state index is 0.711. The second-order valence-electron chi connectivity index (χ2n) is 14.6. The van der Waals surface area contributed by atoms with Crippen molar-refractivity contribution >= 4 is 103 Å². The van der Waals surface area contributed by atoms with E-state index in [1.54, 1.807) is 0 Å². The molecule has 0 fully saturated rings. The van der Waals surface area contributed by atoms with Gasteiger partial charge in [0.1, 0.15) is 5.82 Å². The minimum Gasteiger partial charge on any atom is -0.308 e. The van der Waals surface area contributed by atoms with Crippen molar-refractivity contribution in [2.45, 2.75) is 0 Å². The van der Waals surface area contributed by atoms with Crippen LogP contribution in [0.2, 0.25) is 0 Å². The van der Waals surface area contributed by atoms with Crippen molar-refractivity contribution < 1.29 is 0 Å². The van der Waals surface area contributed by atoms with Crippen LogP contribution in [-0.4, -0.2) is 18.9 Å². The van der Waals surface area contributed by atoms with Crippen molar-refractivity contribution in [1.29, 1.82) is 0 Å². The molecule has 0 atom stereocenters. The zero-order valence-electron chi connectivity index (χ0n) is 29.0. The standard InChI is InChI=1S/C50H28N4/c1-2-13-31-27-45-41(26-30(31)12-1)46-47-39(36-15-6-9-19-43(36)53(45)47)28-40-37-16-7-10-20-44(37)54(48(40)46)50-38-17-5-8-18-42(38)51-49(52-50)33-23-24-35-32(25-33)22-21-29-11-3-4-14-34(29)35/h1-28H. The Kier molecular flexibility index (Phi) is 5.34. The summed E-state index contributed by atoms with van der Waals surface area (Å²) < 4.78 is 4.92. The van der Waals surface area contributed by atoms with Crippen LogP contribution >= 0.6 is 0 Å². The van der Waals surface area contributed by atoms with Crippen LogP contribution in [-0.2, 0) is 0 Å². The van der Waals surface area contributed by atoms with Gasteiger partial charge in [-0.05, 0) is 80.8 Å². The number of rotatable bonds is 2. The van der Waals surface area contributed by atoms with E-state index in [0.717, 1.165) is 27.8 Å². The average molecular weight is 685 g/mol. The fourth-order valence-corrected chi connectivity index (χ4v) is 9.42. The Labute approximate surface area is 308 Å². The Morgan fingerprint density at radius 2 is 0.981 bits per heavy atom. The highest BCUT2D eigenvalue weighted by atomic mass is 15.1. The van der Waals surface area contributed by atoms with Gasteiger partial charge in [0.05, 0.1) is 33.1 Å². The smallest absolute Gasteiger partial charge is 0.162 e. The van der Waals surface area contributed by atoms with Gasteiger partial charge in [0.25, 0.3) is 0 Å². The van der Waals surface area contributed by atoms with Crippen molar-refractivity contribution in [3.63, 3.8) is 0 Å². The maximum Gasteiger partial charge on any atom is 0.162 e. The number of fused-ring (bicyclic) bond motifs is 15. The zero-order valence-corrected chi connectivity index (χ0v) is 29.0. The molecule has 4 nitrogen and oxygen atoms in total. The quantitative estimate of drug-likeness (QED) is 0.170. The van der Waals surface area contributed by atoms with Gasteiger partial charge in [0.15, 0.2) is 5.82 Å². The molecular formula is C50H28N4. The van der Waals surface area contributed by atoms with E-state index in [9.17, 15) is 0 Å². The van der Waals surface area contributed by atoms with Crippen LogP contribution in [0, 0.1) is 0 Å². The first-order valence-electron chi connectivity index (χ1n) is 18.5. The molecule has 0 saturated carbocycles. The summed E-state index contributed by atoms with van der Waals surface area (Å²) in [5, 5.41) is 15.8. The van der Waals surface area contributed by atoms with Crippen LogP contribution in [0.4, 0.5) is 0 Å². The van der Waals surface area contributed by atoms with Gasteiger partial charge in [-0.25, -0.2) is 9.97 Å². The molecule has 4 heterocycles. The topological polar surface area (TPSA) is 35.1 Å². The van der Waals surface area contributed by atoms with Crippen LogP contribution in [0.1, 0.15) is 0 Å². The normalized spacial score (nSPS) is 12.4. The van der Waals surface area contributed by atoms with Crippen molar-refractivity contribution in [2.24, 2.45) is 0 Å². The van der Waals surface area contributed by atoms with E-state index >= 15 is 0 Å². The molecule has 13 aromatic rings. The Morgan fingerprint density at radius 1 is 0.352 bits per heavy atom. The fourth-order valence-electron chi connectivity index (χ4n) is 9.42. The van der Waals surface area contributed by atoms with E-state index in [1.165, 1.54) is 86.7 Å². The third-order valence-corrected chi connectivity index (χ3v) is 11.8. The van der Waals surface area contributed by atoms with Gasteiger partial charge in [-0.3, -0.25) is 4.57 Å². The molecule has 9 aromatic carbocycles. The molecule has 0 bridgehead atoms. The van der Waals surface area contributed by atoms with E-state index < -0.39 is 0 Å². The van der Waals surface area contributed by atoms with Gasteiger partial charge in [0.2, 0.25) is 0 Å². The molecule has 248 valence electrons. The lowest BCUT2D eigenvalue weighted by Gasteiger charge is -2.14. The lowest BCUT2D eigenvalue weighted by Crippen LogP contribution is -2.03. The third-order valence-electron chi connectivity index (χ3n) is 11.8. The van der Waals surface area contributed by atoms with Crippen LogP contribution in [0.25, 0.3) is 120 Å². The predicted octanol–water partition coefficient (Wildman–Crippen LogP) is 13.0. The summed E-state index contributed by atoms with van der Waals surface area (Å²) in [5.41, 5.74) is 7.90. The summed E-state index contributed by atoms with van der Waals surface area (Å²) in [6.45, 7) is 0. The maximum absolute atomic E-state index is 5.55. The first-order chi connectivity index (χ1) is 26.8. The molecule has 0 aliphatic heterocycles. The molecule has 0 N–H and O–H groups in total. The number of benzene rings is 9. The number of nitrogens with zero attached hydrogens (tertiary/aromatic N) is 4. The van der Waals surface area contributed by atoms with Crippen molar-refractivity contribution in [3.05, 3.63) is 170 Å². The van der Waals surface area contributed by atoms with Gasteiger partial charge in [-0.15, -0.1) is 0 Å². The molecule has 0 unspecified atom stereocenters. The van der Waals surface area contributed by atoms with E-state index in [4.69, 9.17) is 9.97 Å². The van der Waals surface area contributed by atoms with Gasteiger partial charge in [-0.2, -0.15) is 0 Å². The summed E-state index contributed by atoms with van der Waals surface area (Å²) in [5.74, 6) is 1.59. The first kappa shape index (κ1) is 28.3. The minimum absolute atomic E-state index is 0.711. The Bertz CT molecular complexity index is 3740. The number of aromatic nitrogens is 4. The van der Waals surface area contributed by atoms with E-state index in [2.05, 4.69) is 179 Å². The summed E-state index contributed by atoms with van der Waals surface area (Å²) in [4.78, 5) is 10.8. The van der Waals surface area contributed by atoms with Crippen LogP contribution < -0.4 is 0 Å². The predicted molar refractivity (Wildman–Crippen MR) is 226 cm³/mol. The van der Waals surface area contributed by atoms with Crippen molar-refractivity contribution in [1.82, 2.24) is 18.9 Å². The van der Waals surface area contributed by atoms with E-state index in [0.29, 0.717) is 5.82 Å². The molecule has 4 aromatic heterocycles. The molecule has 0 radical (unpaired) electrons. The highest BCUT2D eigenvalue weighted by molar-refractivity contribution is 6.35. The van der Waals surface area contributed by atoms with Gasteiger partial charge < -0.3 is 4.40 Å². The molecule has 13 rings (SSSR count). The van der Waals surface area contributed by atoms with Gasteiger partial charge >= 0.3 is 0 Å². The summed E-state index contributed by atoms with van der Waals surface area (Å²) in [7, 11) is 0. The molecule has 0 aliphatic carbocycles. The largest absolute Gasteiger partial charge is 0.308 e. The second-order valence-corrected chi connectivity index (χ2v) is 14.6. The summed E-state index contributed by atoms with van der Waals surface area (Å²) >= 11 is 0. The molecule has 4 heteroatoms. The first-order valence-corrected chi connectivity index (χ1v) is 18.5.